The topological polar surface area (TPSA) is 55.4 Å². The van der Waals surface area contributed by atoms with Crippen LogP contribution in [0.2, 0.25) is 0 Å². The van der Waals surface area contributed by atoms with Crippen molar-refractivity contribution >= 4 is 11.9 Å². The molecule has 0 heterocycles. The van der Waals surface area contributed by atoms with Crippen LogP contribution in [0.3, 0.4) is 0 Å². The summed E-state index contributed by atoms with van der Waals surface area (Å²) in [5.74, 6) is -0.441. The zero-order valence-electron chi connectivity index (χ0n) is 9.61. The van der Waals surface area contributed by atoms with Gasteiger partial charge in [-0.15, -0.1) is 0 Å². The molecule has 1 atom stereocenters. The Bertz CT molecular complexity index is 384. The minimum atomic E-state index is -0.362. The standard InChI is InChI=1S/C12H15NO3/c1-8(13-9(2)14)10-4-6-11(7-5-10)12(15)16-3/h4-8H,1-3H3,(H,13,14). The molecule has 4 heteroatoms. The highest BCUT2D eigenvalue weighted by atomic mass is 16.5. The second-order valence-electron chi connectivity index (χ2n) is 3.54. The molecule has 86 valence electrons. The second kappa shape index (κ2) is 5.30. The number of carbonyl (C=O) groups excluding carboxylic acids is 2. The lowest BCUT2D eigenvalue weighted by molar-refractivity contribution is -0.119. The molecule has 0 fully saturated rings. The van der Waals surface area contributed by atoms with Crippen molar-refractivity contribution in [1.29, 1.82) is 0 Å². The van der Waals surface area contributed by atoms with Crippen molar-refractivity contribution < 1.29 is 14.3 Å². The molecule has 0 spiro atoms. The van der Waals surface area contributed by atoms with E-state index in [1.165, 1.54) is 14.0 Å². The van der Waals surface area contributed by atoms with Crippen LogP contribution < -0.4 is 5.32 Å². The van der Waals surface area contributed by atoms with Crippen molar-refractivity contribution in [3.8, 4) is 0 Å². The van der Waals surface area contributed by atoms with Crippen LogP contribution in [0.15, 0.2) is 24.3 Å². The highest BCUT2D eigenvalue weighted by Gasteiger charge is 2.08. The molecule has 0 aliphatic carbocycles. The Labute approximate surface area is 94.6 Å². The number of methoxy groups -OCH3 is 1. The van der Waals surface area contributed by atoms with Gasteiger partial charge in [0.2, 0.25) is 5.91 Å². The normalized spacial score (nSPS) is 11.7. The minimum Gasteiger partial charge on any atom is -0.465 e. The smallest absolute Gasteiger partial charge is 0.337 e. The summed E-state index contributed by atoms with van der Waals surface area (Å²) in [7, 11) is 1.34. The van der Waals surface area contributed by atoms with E-state index < -0.39 is 0 Å². The van der Waals surface area contributed by atoms with E-state index in [9.17, 15) is 9.59 Å². The fourth-order valence-corrected chi connectivity index (χ4v) is 1.41. The molecule has 1 N–H and O–H groups in total. The highest BCUT2D eigenvalue weighted by molar-refractivity contribution is 5.89. The maximum Gasteiger partial charge on any atom is 0.337 e. The monoisotopic (exact) mass is 221 g/mol. The Morgan fingerprint density at radius 1 is 1.25 bits per heavy atom. The summed E-state index contributed by atoms with van der Waals surface area (Å²) < 4.78 is 4.59. The van der Waals surface area contributed by atoms with Gasteiger partial charge in [-0.05, 0) is 24.6 Å². The number of esters is 1. The first kappa shape index (κ1) is 12.2. The third kappa shape index (κ3) is 3.08. The third-order valence-electron chi connectivity index (χ3n) is 2.25. The fraction of sp³-hybridized carbons (Fsp3) is 0.333. The van der Waals surface area contributed by atoms with Crippen molar-refractivity contribution in [1.82, 2.24) is 5.32 Å². The van der Waals surface area contributed by atoms with E-state index in [-0.39, 0.29) is 17.9 Å². The van der Waals surface area contributed by atoms with Crippen molar-refractivity contribution in [2.75, 3.05) is 7.11 Å². The van der Waals surface area contributed by atoms with E-state index in [0.717, 1.165) is 5.56 Å². The molecule has 0 aliphatic rings. The van der Waals surface area contributed by atoms with Crippen LogP contribution in [-0.4, -0.2) is 19.0 Å². The third-order valence-corrected chi connectivity index (χ3v) is 2.25. The summed E-state index contributed by atoms with van der Waals surface area (Å²) in [4.78, 5) is 22.0. The van der Waals surface area contributed by atoms with Gasteiger partial charge >= 0.3 is 5.97 Å². The first-order valence-electron chi connectivity index (χ1n) is 5.00. The molecule has 0 saturated heterocycles. The van der Waals surface area contributed by atoms with Gasteiger partial charge in [-0.25, -0.2) is 4.79 Å². The van der Waals surface area contributed by atoms with E-state index in [1.807, 2.05) is 6.92 Å². The zero-order chi connectivity index (χ0) is 12.1. The van der Waals surface area contributed by atoms with Crippen LogP contribution >= 0.6 is 0 Å². The van der Waals surface area contributed by atoms with E-state index in [4.69, 9.17) is 0 Å². The molecular formula is C12H15NO3. The van der Waals surface area contributed by atoms with Crippen LogP contribution in [0.25, 0.3) is 0 Å². The molecule has 1 amide bonds. The van der Waals surface area contributed by atoms with Gasteiger partial charge in [0.15, 0.2) is 0 Å². The predicted octanol–water partition coefficient (Wildman–Crippen LogP) is 1.67. The first-order chi connectivity index (χ1) is 7.54. The summed E-state index contributed by atoms with van der Waals surface area (Å²) >= 11 is 0. The fourth-order valence-electron chi connectivity index (χ4n) is 1.41. The number of carbonyl (C=O) groups is 2. The molecule has 1 aromatic carbocycles. The van der Waals surface area contributed by atoms with Crippen LogP contribution in [-0.2, 0) is 9.53 Å². The highest BCUT2D eigenvalue weighted by Crippen LogP contribution is 2.13. The molecule has 0 radical (unpaired) electrons. The molecule has 1 aromatic rings. The van der Waals surface area contributed by atoms with Crippen LogP contribution in [0.1, 0.15) is 35.8 Å². The number of amides is 1. The van der Waals surface area contributed by atoms with Gasteiger partial charge in [0.05, 0.1) is 18.7 Å². The average molecular weight is 221 g/mol. The predicted molar refractivity (Wildman–Crippen MR) is 60.0 cm³/mol. The molecule has 0 aliphatic heterocycles. The summed E-state index contributed by atoms with van der Waals surface area (Å²) in [6.45, 7) is 3.36. The lowest BCUT2D eigenvalue weighted by Gasteiger charge is -2.12. The van der Waals surface area contributed by atoms with Gasteiger partial charge in [-0.3, -0.25) is 4.79 Å². The Morgan fingerprint density at radius 3 is 2.25 bits per heavy atom. The Balaban J connectivity index is 2.78. The van der Waals surface area contributed by atoms with Gasteiger partial charge in [-0.2, -0.15) is 0 Å². The lowest BCUT2D eigenvalue weighted by atomic mass is 10.1. The summed E-state index contributed by atoms with van der Waals surface area (Å²) in [5.41, 5.74) is 1.45. The molecule has 1 rings (SSSR count). The van der Waals surface area contributed by atoms with Gasteiger partial charge in [0.25, 0.3) is 0 Å². The molecule has 4 nitrogen and oxygen atoms in total. The van der Waals surface area contributed by atoms with E-state index in [0.29, 0.717) is 5.56 Å². The minimum absolute atomic E-state index is 0.0656. The van der Waals surface area contributed by atoms with Crippen molar-refractivity contribution in [2.24, 2.45) is 0 Å². The summed E-state index contributed by atoms with van der Waals surface area (Å²) in [5, 5.41) is 2.77. The second-order valence-corrected chi connectivity index (χ2v) is 3.54. The zero-order valence-corrected chi connectivity index (χ0v) is 9.61. The van der Waals surface area contributed by atoms with Crippen LogP contribution in [0.4, 0.5) is 0 Å². The van der Waals surface area contributed by atoms with Crippen LogP contribution in [0.5, 0.6) is 0 Å². The number of rotatable bonds is 3. The molecule has 0 saturated carbocycles. The largest absolute Gasteiger partial charge is 0.465 e. The van der Waals surface area contributed by atoms with Gasteiger partial charge in [0, 0.05) is 6.92 Å². The molecule has 1 unspecified atom stereocenters. The van der Waals surface area contributed by atoms with E-state index in [2.05, 4.69) is 10.1 Å². The number of nitrogens with one attached hydrogen (secondary N) is 1. The number of hydrogen-bond donors (Lipinski definition) is 1. The van der Waals surface area contributed by atoms with Crippen molar-refractivity contribution in [3.63, 3.8) is 0 Å². The maximum absolute atomic E-state index is 11.2. The van der Waals surface area contributed by atoms with Crippen molar-refractivity contribution in [2.45, 2.75) is 19.9 Å². The lowest BCUT2D eigenvalue weighted by Crippen LogP contribution is -2.23. The summed E-state index contributed by atoms with van der Waals surface area (Å²) in [6, 6.07) is 6.89. The molecule has 16 heavy (non-hydrogen) atoms. The van der Waals surface area contributed by atoms with Gasteiger partial charge in [-0.1, -0.05) is 12.1 Å². The average Bonchev–Trinajstić information content (AvgIpc) is 2.27. The number of ether oxygens (including phenoxy) is 1. The van der Waals surface area contributed by atoms with Gasteiger partial charge < -0.3 is 10.1 Å². The SMILES string of the molecule is COC(=O)c1ccc(C(C)NC(C)=O)cc1. The van der Waals surface area contributed by atoms with E-state index in [1.54, 1.807) is 24.3 Å². The number of benzene rings is 1. The Morgan fingerprint density at radius 2 is 1.81 bits per heavy atom. The van der Waals surface area contributed by atoms with Gasteiger partial charge in [0.1, 0.15) is 0 Å². The number of hydrogen-bond acceptors (Lipinski definition) is 3. The van der Waals surface area contributed by atoms with Crippen LogP contribution in [0, 0.1) is 0 Å². The Kier molecular flexibility index (Phi) is 4.05. The van der Waals surface area contributed by atoms with E-state index >= 15 is 0 Å². The summed E-state index contributed by atoms with van der Waals surface area (Å²) in [6.07, 6.45) is 0. The van der Waals surface area contributed by atoms with Crippen molar-refractivity contribution in [3.05, 3.63) is 35.4 Å². The first-order valence-corrected chi connectivity index (χ1v) is 5.00. The molecule has 0 aromatic heterocycles. The molecule has 0 bridgehead atoms. The maximum atomic E-state index is 11.2. The molecular weight excluding hydrogens is 206 g/mol. The Hall–Kier alpha value is -1.84. The quantitative estimate of drug-likeness (QED) is 0.790.